The van der Waals surface area contributed by atoms with Gasteiger partial charge in [0.2, 0.25) is 5.91 Å². The molecule has 1 aliphatic carbocycles. The molecule has 3 atom stereocenters. The van der Waals surface area contributed by atoms with Crippen molar-refractivity contribution in [3.05, 3.63) is 0 Å². The van der Waals surface area contributed by atoms with Crippen LogP contribution in [0.5, 0.6) is 0 Å². The first kappa shape index (κ1) is 11.9. The molecule has 1 saturated heterocycles. The molecule has 1 aliphatic heterocycles. The average Bonchev–Trinajstić information content (AvgIpc) is 2.29. The number of aliphatic hydroxyl groups is 1. The van der Waals surface area contributed by atoms with Gasteiger partial charge in [-0.05, 0) is 25.8 Å². The Hall–Kier alpha value is -0.610. The Morgan fingerprint density at radius 3 is 2.75 bits per heavy atom. The van der Waals surface area contributed by atoms with Crippen molar-refractivity contribution in [1.29, 1.82) is 0 Å². The first-order valence-corrected chi connectivity index (χ1v) is 6.21. The standard InChI is InChI=1S/C12H22N2O2/c1-12(2)9(6-10(12)15)14-11(16)8-4-3-5-13-7-8/h8-10,13,15H,3-7H2,1-2H3,(H,14,16)/t8-,9?,10?/m1/s1. The second-order valence-corrected chi connectivity index (χ2v) is 5.68. The van der Waals surface area contributed by atoms with Gasteiger partial charge in [0.1, 0.15) is 0 Å². The van der Waals surface area contributed by atoms with Gasteiger partial charge in [0.15, 0.2) is 0 Å². The van der Waals surface area contributed by atoms with Crippen molar-refractivity contribution in [2.75, 3.05) is 13.1 Å². The van der Waals surface area contributed by atoms with Gasteiger partial charge >= 0.3 is 0 Å². The molecule has 3 N–H and O–H groups in total. The third-order valence-electron chi connectivity index (χ3n) is 4.20. The van der Waals surface area contributed by atoms with Crippen LogP contribution in [0, 0.1) is 11.3 Å². The van der Waals surface area contributed by atoms with Crippen molar-refractivity contribution in [2.45, 2.75) is 45.3 Å². The molecule has 0 radical (unpaired) electrons. The minimum atomic E-state index is -0.276. The lowest BCUT2D eigenvalue weighted by atomic mass is 9.64. The highest BCUT2D eigenvalue weighted by Gasteiger charge is 2.48. The summed E-state index contributed by atoms with van der Waals surface area (Å²) in [5.74, 6) is 0.263. The van der Waals surface area contributed by atoms with Gasteiger partial charge in [-0.3, -0.25) is 4.79 Å². The molecule has 2 rings (SSSR count). The summed E-state index contributed by atoms with van der Waals surface area (Å²) in [6.45, 7) is 5.83. The molecular weight excluding hydrogens is 204 g/mol. The van der Waals surface area contributed by atoms with Gasteiger partial charge in [0, 0.05) is 18.0 Å². The van der Waals surface area contributed by atoms with Gasteiger partial charge in [-0.2, -0.15) is 0 Å². The molecule has 0 aromatic heterocycles. The SMILES string of the molecule is CC1(C)C(O)CC1NC(=O)[C@@H]1CCCNC1. The predicted octanol–water partition coefficient (Wildman–Crippen LogP) is 0.262. The lowest BCUT2D eigenvalue weighted by Crippen LogP contribution is -2.62. The number of carbonyl (C=O) groups is 1. The molecule has 1 amide bonds. The largest absolute Gasteiger partial charge is 0.392 e. The maximum absolute atomic E-state index is 12.0. The summed E-state index contributed by atoms with van der Waals surface area (Å²) in [6, 6.07) is 0.136. The quantitative estimate of drug-likeness (QED) is 0.633. The molecule has 2 aliphatic rings. The van der Waals surface area contributed by atoms with E-state index in [1.54, 1.807) is 0 Å². The van der Waals surface area contributed by atoms with Crippen LogP contribution in [0.3, 0.4) is 0 Å². The topological polar surface area (TPSA) is 61.4 Å². The summed E-state index contributed by atoms with van der Waals surface area (Å²) in [4.78, 5) is 12.0. The van der Waals surface area contributed by atoms with Gasteiger partial charge in [0.05, 0.1) is 12.0 Å². The lowest BCUT2D eigenvalue weighted by molar-refractivity contribution is -0.133. The van der Waals surface area contributed by atoms with Crippen LogP contribution in [-0.2, 0) is 4.79 Å². The van der Waals surface area contributed by atoms with Gasteiger partial charge < -0.3 is 15.7 Å². The van der Waals surface area contributed by atoms with E-state index in [0.29, 0.717) is 6.42 Å². The van der Waals surface area contributed by atoms with Gasteiger partial charge in [-0.15, -0.1) is 0 Å². The maximum Gasteiger partial charge on any atom is 0.224 e. The molecule has 0 aromatic carbocycles. The first-order valence-electron chi connectivity index (χ1n) is 6.21. The van der Waals surface area contributed by atoms with E-state index in [0.717, 1.165) is 25.9 Å². The number of carbonyl (C=O) groups excluding carboxylic acids is 1. The molecule has 2 unspecified atom stereocenters. The third-order valence-corrected chi connectivity index (χ3v) is 4.20. The highest BCUT2D eigenvalue weighted by Crippen LogP contribution is 2.40. The second-order valence-electron chi connectivity index (χ2n) is 5.68. The number of aliphatic hydroxyl groups excluding tert-OH is 1. The van der Waals surface area contributed by atoms with Crippen LogP contribution < -0.4 is 10.6 Å². The van der Waals surface area contributed by atoms with Crippen LogP contribution in [0.2, 0.25) is 0 Å². The summed E-state index contributed by atoms with van der Waals surface area (Å²) in [5.41, 5.74) is -0.169. The van der Waals surface area contributed by atoms with Crippen LogP contribution >= 0.6 is 0 Å². The number of nitrogens with one attached hydrogen (secondary N) is 2. The molecule has 0 bridgehead atoms. The smallest absolute Gasteiger partial charge is 0.224 e. The number of hydrogen-bond acceptors (Lipinski definition) is 3. The zero-order valence-corrected chi connectivity index (χ0v) is 10.1. The number of rotatable bonds is 2. The summed E-state index contributed by atoms with van der Waals surface area (Å²) >= 11 is 0. The van der Waals surface area contributed by atoms with E-state index in [2.05, 4.69) is 10.6 Å². The maximum atomic E-state index is 12.0. The molecule has 0 aromatic rings. The van der Waals surface area contributed by atoms with E-state index < -0.39 is 0 Å². The third kappa shape index (κ3) is 2.09. The Morgan fingerprint density at radius 1 is 1.50 bits per heavy atom. The molecule has 16 heavy (non-hydrogen) atoms. The van der Waals surface area contributed by atoms with E-state index in [9.17, 15) is 9.90 Å². The van der Waals surface area contributed by atoms with Crippen LogP contribution in [0.4, 0.5) is 0 Å². The molecule has 1 saturated carbocycles. The van der Waals surface area contributed by atoms with Crippen molar-refractivity contribution in [3.63, 3.8) is 0 Å². The Balaban J connectivity index is 1.83. The van der Waals surface area contributed by atoms with Crippen LogP contribution in [0.1, 0.15) is 33.1 Å². The number of amides is 1. The van der Waals surface area contributed by atoms with Crippen LogP contribution in [0.15, 0.2) is 0 Å². The lowest BCUT2D eigenvalue weighted by Gasteiger charge is -2.49. The normalized spacial score (nSPS) is 37.6. The molecule has 1 heterocycles. The highest BCUT2D eigenvalue weighted by atomic mass is 16.3. The fourth-order valence-electron chi connectivity index (χ4n) is 2.51. The Kier molecular flexibility index (Phi) is 3.22. The zero-order valence-electron chi connectivity index (χ0n) is 10.1. The van der Waals surface area contributed by atoms with Crippen LogP contribution in [0.25, 0.3) is 0 Å². The number of piperidine rings is 1. The van der Waals surface area contributed by atoms with Crippen molar-refractivity contribution in [2.24, 2.45) is 11.3 Å². The van der Waals surface area contributed by atoms with Crippen molar-refractivity contribution in [1.82, 2.24) is 10.6 Å². The van der Waals surface area contributed by atoms with E-state index in [-0.39, 0.29) is 29.4 Å². The Morgan fingerprint density at radius 2 is 2.25 bits per heavy atom. The van der Waals surface area contributed by atoms with E-state index >= 15 is 0 Å². The first-order chi connectivity index (χ1) is 7.51. The minimum Gasteiger partial charge on any atom is -0.392 e. The second kappa shape index (κ2) is 4.34. The van der Waals surface area contributed by atoms with E-state index in [1.807, 2.05) is 13.8 Å². The molecule has 4 nitrogen and oxygen atoms in total. The number of hydrogen-bond donors (Lipinski definition) is 3. The molecule has 2 fully saturated rings. The summed E-state index contributed by atoms with van der Waals surface area (Å²) in [7, 11) is 0. The van der Waals surface area contributed by atoms with Crippen molar-refractivity contribution in [3.8, 4) is 0 Å². The Bertz CT molecular complexity index is 272. The summed E-state index contributed by atoms with van der Waals surface area (Å²) in [6.07, 6.45) is 2.48. The summed E-state index contributed by atoms with van der Waals surface area (Å²) in [5, 5.41) is 15.9. The monoisotopic (exact) mass is 226 g/mol. The predicted molar refractivity (Wildman–Crippen MR) is 61.9 cm³/mol. The molecule has 4 heteroatoms. The summed E-state index contributed by atoms with van der Waals surface area (Å²) < 4.78 is 0. The zero-order chi connectivity index (χ0) is 11.8. The van der Waals surface area contributed by atoms with Crippen molar-refractivity contribution < 1.29 is 9.90 Å². The fourth-order valence-corrected chi connectivity index (χ4v) is 2.51. The van der Waals surface area contributed by atoms with Gasteiger partial charge in [-0.1, -0.05) is 13.8 Å². The van der Waals surface area contributed by atoms with Gasteiger partial charge in [-0.25, -0.2) is 0 Å². The average molecular weight is 226 g/mol. The van der Waals surface area contributed by atoms with Crippen LogP contribution in [-0.4, -0.2) is 36.2 Å². The Labute approximate surface area is 96.8 Å². The molecule has 0 spiro atoms. The fraction of sp³-hybridized carbons (Fsp3) is 0.917. The highest BCUT2D eigenvalue weighted by molar-refractivity contribution is 5.79. The minimum absolute atomic E-state index is 0.113. The molecule has 92 valence electrons. The molecular formula is C12H22N2O2. The van der Waals surface area contributed by atoms with E-state index in [4.69, 9.17) is 0 Å². The van der Waals surface area contributed by atoms with Gasteiger partial charge in [0.25, 0.3) is 0 Å². The van der Waals surface area contributed by atoms with E-state index in [1.165, 1.54) is 0 Å². The van der Waals surface area contributed by atoms with Crippen molar-refractivity contribution >= 4 is 5.91 Å².